The van der Waals surface area contributed by atoms with E-state index < -0.39 is 0 Å². The lowest BCUT2D eigenvalue weighted by atomic mass is 10.2. The van der Waals surface area contributed by atoms with Crippen LogP contribution in [0.3, 0.4) is 0 Å². The van der Waals surface area contributed by atoms with E-state index in [0.29, 0.717) is 13.0 Å². The summed E-state index contributed by atoms with van der Waals surface area (Å²) in [6.45, 7) is 3.94. The van der Waals surface area contributed by atoms with Gasteiger partial charge in [-0.1, -0.05) is 6.92 Å². The minimum absolute atomic E-state index is 0.0469. The van der Waals surface area contributed by atoms with Gasteiger partial charge in [0.1, 0.15) is 5.78 Å². The van der Waals surface area contributed by atoms with Gasteiger partial charge >= 0.3 is 5.97 Å². The van der Waals surface area contributed by atoms with Crippen LogP contribution < -0.4 is 0 Å². The summed E-state index contributed by atoms with van der Waals surface area (Å²) in [5, 5.41) is 0. The number of carbonyl (C=O) groups excluding carboxylic acids is 2. The Kier molecular flexibility index (Phi) is 2.84. The summed E-state index contributed by atoms with van der Waals surface area (Å²) in [7, 11) is 0. The number of rotatable bonds is 4. The first-order valence-corrected chi connectivity index (χ1v) is 4.34. The van der Waals surface area contributed by atoms with Gasteiger partial charge in [-0.2, -0.15) is 0 Å². The van der Waals surface area contributed by atoms with Crippen LogP contribution in [0, 0.1) is 11.8 Å². The minimum atomic E-state index is -0.197. The van der Waals surface area contributed by atoms with E-state index in [1.165, 1.54) is 6.92 Å². The summed E-state index contributed by atoms with van der Waals surface area (Å²) in [4.78, 5) is 21.9. The van der Waals surface area contributed by atoms with Crippen LogP contribution in [0.5, 0.6) is 0 Å². The fourth-order valence-corrected chi connectivity index (χ4v) is 1.21. The van der Waals surface area contributed by atoms with E-state index in [-0.39, 0.29) is 23.6 Å². The highest BCUT2D eigenvalue weighted by Gasteiger charge is 2.47. The maximum Gasteiger partial charge on any atom is 0.309 e. The largest absolute Gasteiger partial charge is 0.465 e. The zero-order valence-corrected chi connectivity index (χ0v) is 7.50. The van der Waals surface area contributed by atoms with Crippen LogP contribution in [-0.4, -0.2) is 18.4 Å². The van der Waals surface area contributed by atoms with Crippen molar-refractivity contribution >= 4 is 11.8 Å². The first-order chi connectivity index (χ1) is 5.66. The van der Waals surface area contributed by atoms with Crippen LogP contribution in [0.15, 0.2) is 0 Å². The molecule has 1 aliphatic carbocycles. The molecule has 0 aromatic heterocycles. The molecule has 68 valence electrons. The van der Waals surface area contributed by atoms with Gasteiger partial charge < -0.3 is 4.74 Å². The van der Waals surface area contributed by atoms with Crippen molar-refractivity contribution in [2.24, 2.45) is 11.8 Å². The normalized spacial score (nSPS) is 26.5. The molecule has 0 radical (unpaired) electrons. The summed E-state index contributed by atoms with van der Waals surface area (Å²) in [6.07, 6.45) is 1.53. The highest BCUT2D eigenvalue weighted by atomic mass is 16.5. The molecule has 0 amide bonds. The second-order valence-corrected chi connectivity index (χ2v) is 3.23. The molecule has 0 bridgehead atoms. The van der Waals surface area contributed by atoms with E-state index in [1.54, 1.807) is 0 Å². The fourth-order valence-electron chi connectivity index (χ4n) is 1.21. The minimum Gasteiger partial charge on any atom is -0.465 e. The number of esters is 1. The van der Waals surface area contributed by atoms with Gasteiger partial charge in [0.05, 0.1) is 12.5 Å². The van der Waals surface area contributed by atoms with Crippen molar-refractivity contribution in [2.75, 3.05) is 6.61 Å². The van der Waals surface area contributed by atoms with E-state index in [4.69, 9.17) is 4.74 Å². The van der Waals surface area contributed by atoms with Crippen molar-refractivity contribution in [1.29, 1.82) is 0 Å². The molecule has 1 rings (SSSR count). The van der Waals surface area contributed by atoms with Crippen LogP contribution in [0.2, 0.25) is 0 Å². The lowest BCUT2D eigenvalue weighted by Crippen LogP contribution is -2.10. The highest BCUT2D eigenvalue weighted by Crippen LogP contribution is 2.39. The van der Waals surface area contributed by atoms with Crippen molar-refractivity contribution in [2.45, 2.75) is 26.7 Å². The Balaban J connectivity index is 2.24. The Labute approximate surface area is 72.1 Å². The first kappa shape index (κ1) is 9.23. The third-order valence-corrected chi connectivity index (χ3v) is 2.06. The van der Waals surface area contributed by atoms with Crippen molar-refractivity contribution in [1.82, 2.24) is 0 Å². The van der Waals surface area contributed by atoms with Crippen LogP contribution in [0.1, 0.15) is 26.7 Å². The third-order valence-electron chi connectivity index (χ3n) is 2.06. The standard InChI is InChI=1S/C9H14O3/c1-3-4-12-9(11)8-5-7(8)6(2)10/h7-8H,3-5H2,1-2H3. The summed E-state index contributed by atoms with van der Waals surface area (Å²) in [5.74, 6) is -0.270. The maximum atomic E-state index is 11.1. The van der Waals surface area contributed by atoms with Gasteiger partial charge in [-0.15, -0.1) is 0 Å². The van der Waals surface area contributed by atoms with Gasteiger partial charge in [-0.25, -0.2) is 0 Å². The fraction of sp³-hybridized carbons (Fsp3) is 0.778. The zero-order valence-electron chi connectivity index (χ0n) is 7.50. The lowest BCUT2D eigenvalue weighted by molar-refractivity contribution is -0.146. The molecule has 12 heavy (non-hydrogen) atoms. The van der Waals surface area contributed by atoms with Crippen LogP contribution >= 0.6 is 0 Å². The Bertz CT molecular complexity index is 198. The Morgan fingerprint density at radius 3 is 2.50 bits per heavy atom. The predicted octanol–water partition coefficient (Wildman–Crippen LogP) is 1.16. The average molecular weight is 170 g/mol. The van der Waals surface area contributed by atoms with Gasteiger partial charge in [0.15, 0.2) is 0 Å². The molecule has 3 nitrogen and oxygen atoms in total. The molecule has 2 atom stereocenters. The SMILES string of the molecule is CCCOC(=O)C1CC1C(C)=O. The van der Waals surface area contributed by atoms with Crippen molar-refractivity contribution < 1.29 is 14.3 Å². The third kappa shape index (κ3) is 2.06. The molecule has 0 N–H and O–H groups in total. The van der Waals surface area contributed by atoms with Crippen LogP contribution in [0.25, 0.3) is 0 Å². The van der Waals surface area contributed by atoms with Crippen LogP contribution in [-0.2, 0) is 14.3 Å². The summed E-state index contributed by atoms with van der Waals surface area (Å²) >= 11 is 0. The number of hydrogen-bond donors (Lipinski definition) is 0. The molecule has 0 spiro atoms. The number of Topliss-reactive ketones (excluding diaryl/α,β-unsaturated/α-hetero) is 1. The van der Waals surface area contributed by atoms with E-state index in [1.807, 2.05) is 6.92 Å². The molecule has 1 fully saturated rings. The molecule has 0 aromatic carbocycles. The Hall–Kier alpha value is -0.860. The number of carbonyl (C=O) groups is 2. The number of ketones is 1. The predicted molar refractivity (Wildman–Crippen MR) is 43.5 cm³/mol. The topological polar surface area (TPSA) is 43.4 Å². The monoisotopic (exact) mass is 170 g/mol. The second-order valence-electron chi connectivity index (χ2n) is 3.23. The molecule has 1 aliphatic rings. The number of ether oxygens (including phenoxy) is 1. The lowest BCUT2D eigenvalue weighted by Gasteiger charge is -2.00. The summed E-state index contributed by atoms with van der Waals surface area (Å²) in [5.41, 5.74) is 0. The number of hydrogen-bond acceptors (Lipinski definition) is 3. The smallest absolute Gasteiger partial charge is 0.309 e. The second kappa shape index (κ2) is 3.70. The van der Waals surface area contributed by atoms with E-state index in [2.05, 4.69) is 0 Å². The molecule has 0 heterocycles. The van der Waals surface area contributed by atoms with Gasteiger partial charge in [0.2, 0.25) is 0 Å². The average Bonchev–Trinajstić information content (AvgIpc) is 2.78. The molecule has 2 unspecified atom stereocenters. The van der Waals surface area contributed by atoms with Crippen LogP contribution in [0.4, 0.5) is 0 Å². The molecule has 3 heteroatoms. The van der Waals surface area contributed by atoms with Gasteiger partial charge in [-0.3, -0.25) is 9.59 Å². The Morgan fingerprint density at radius 1 is 1.42 bits per heavy atom. The van der Waals surface area contributed by atoms with E-state index >= 15 is 0 Å². The zero-order chi connectivity index (χ0) is 9.14. The molecule has 0 saturated heterocycles. The molecular weight excluding hydrogens is 156 g/mol. The highest BCUT2D eigenvalue weighted by molar-refractivity contribution is 5.89. The van der Waals surface area contributed by atoms with Gasteiger partial charge in [-0.05, 0) is 19.8 Å². The Morgan fingerprint density at radius 2 is 2.08 bits per heavy atom. The molecular formula is C9H14O3. The molecule has 0 aromatic rings. The van der Waals surface area contributed by atoms with Gasteiger partial charge in [0.25, 0.3) is 0 Å². The van der Waals surface area contributed by atoms with Gasteiger partial charge in [0, 0.05) is 5.92 Å². The van der Waals surface area contributed by atoms with E-state index in [0.717, 1.165) is 6.42 Å². The summed E-state index contributed by atoms with van der Waals surface area (Å²) < 4.78 is 4.90. The maximum absolute atomic E-state index is 11.1. The quantitative estimate of drug-likeness (QED) is 0.595. The molecule has 0 aliphatic heterocycles. The summed E-state index contributed by atoms with van der Waals surface area (Å²) in [6, 6.07) is 0. The van der Waals surface area contributed by atoms with Crippen molar-refractivity contribution in [3.63, 3.8) is 0 Å². The molecule has 1 saturated carbocycles. The first-order valence-electron chi connectivity index (χ1n) is 4.34. The van der Waals surface area contributed by atoms with E-state index in [9.17, 15) is 9.59 Å². The van der Waals surface area contributed by atoms with Crippen molar-refractivity contribution in [3.05, 3.63) is 0 Å². The van der Waals surface area contributed by atoms with Crippen molar-refractivity contribution in [3.8, 4) is 0 Å².